The van der Waals surface area contributed by atoms with Crippen LogP contribution in [0, 0.1) is 23.7 Å². The van der Waals surface area contributed by atoms with Gasteiger partial charge in [0, 0.05) is 13.1 Å². The minimum absolute atomic E-state index is 0.00814. The van der Waals surface area contributed by atoms with Gasteiger partial charge in [-0.25, -0.2) is 0 Å². The number of nitrogens with one attached hydrogen (secondary N) is 2. The van der Waals surface area contributed by atoms with Gasteiger partial charge in [0.05, 0.1) is 30.1 Å². The Kier molecular flexibility index (Phi) is 6.46. The van der Waals surface area contributed by atoms with E-state index in [1.165, 1.54) is 4.90 Å². The second-order valence-electron chi connectivity index (χ2n) is 10.3. The van der Waals surface area contributed by atoms with Gasteiger partial charge in [0.15, 0.2) is 0 Å². The quantitative estimate of drug-likeness (QED) is 0.526. The van der Waals surface area contributed by atoms with Crippen LogP contribution in [0.15, 0.2) is 0 Å². The zero-order chi connectivity index (χ0) is 23.3. The molecule has 176 valence electrons. The van der Waals surface area contributed by atoms with Crippen molar-refractivity contribution in [3.8, 4) is 0 Å². The molecule has 2 bridgehead atoms. The van der Waals surface area contributed by atoms with Crippen molar-refractivity contribution in [2.24, 2.45) is 23.7 Å². The molecule has 3 N–H and O–H groups in total. The lowest BCUT2D eigenvalue weighted by Crippen LogP contribution is -2.60. The molecule has 0 saturated carbocycles. The molecule has 8 heteroatoms. The maximum absolute atomic E-state index is 13.9. The molecular formula is C23H39N3O5. The van der Waals surface area contributed by atoms with Gasteiger partial charge in [-0.15, -0.1) is 0 Å². The maximum Gasteiger partial charge on any atom is 0.246 e. The molecule has 1 spiro atoms. The van der Waals surface area contributed by atoms with Gasteiger partial charge in [-0.2, -0.15) is 0 Å². The third-order valence-corrected chi connectivity index (χ3v) is 7.95. The highest BCUT2D eigenvalue weighted by Gasteiger charge is 2.80. The predicted molar refractivity (Wildman–Crippen MR) is 116 cm³/mol. The molecule has 3 heterocycles. The number of carbonyl (C=O) groups is 3. The number of amides is 3. The molecular weight excluding hydrogens is 398 g/mol. The number of hydrogen-bond acceptors (Lipinski definition) is 5. The number of nitrogens with zero attached hydrogens (tertiary/aromatic N) is 1. The van der Waals surface area contributed by atoms with Gasteiger partial charge in [0.25, 0.3) is 0 Å². The van der Waals surface area contributed by atoms with E-state index in [0.717, 1.165) is 12.8 Å². The summed E-state index contributed by atoms with van der Waals surface area (Å²) in [5, 5.41) is 15.9. The number of likely N-dealkylation sites (tertiary alicyclic amines) is 1. The summed E-state index contributed by atoms with van der Waals surface area (Å²) in [6.45, 7) is 11.5. The summed E-state index contributed by atoms with van der Waals surface area (Å²) in [5.74, 6) is -2.22. The number of aliphatic hydroxyl groups is 1. The van der Waals surface area contributed by atoms with Gasteiger partial charge in [-0.3, -0.25) is 14.4 Å². The molecule has 3 aliphatic rings. The topological polar surface area (TPSA) is 108 Å². The summed E-state index contributed by atoms with van der Waals surface area (Å²) in [5.41, 5.74) is -1.88. The lowest BCUT2D eigenvalue weighted by Gasteiger charge is -2.39. The minimum atomic E-state index is -1.07. The molecule has 0 aliphatic carbocycles. The molecule has 3 saturated heterocycles. The maximum atomic E-state index is 13.9. The fourth-order valence-corrected chi connectivity index (χ4v) is 6.34. The fourth-order valence-electron chi connectivity index (χ4n) is 6.34. The van der Waals surface area contributed by atoms with Crippen LogP contribution in [0.4, 0.5) is 0 Å². The molecule has 0 aromatic carbocycles. The van der Waals surface area contributed by atoms with E-state index in [-0.39, 0.29) is 42.2 Å². The fraction of sp³-hybridized carbons (Fsp3) is 0.870. The van der Waals surface area contributed by atoms with Crippen molar-refractivity contribution >= 4 is 17.7 Å². The number of ether oxygens (including phenoxy) is 1. The van der Waals surface area contributed by atoms with E-state index in [9.17, 15) is 19.5 Å². The Morgan fingerprint density at radius 1 is 1.29 bits per heavy atom. The number of aliphatic hydroxyl groups excluding tert-OH is 1. The second kappa shape index (κ2) is 8.35. The van der Waals surface area contributed by atoms with Gasteiger partial charge in [-0.1, -0.05) is 34.1 Å². The monoisotopic (exact) mass is 437 g/mol. The third-order valence-electron chi connectivity index (χ3n) is 7.95. The van der Waals surface area contributed by atoms with Crippen molar-refractivity contribution in [1.29, 1.82) is 0 Å². The summed E-state index contributed by atoms with van der Waals surface area (Å²) >= 11 is 0. The molecule has 0 aromatic rings. The minimum Gasteiger partial charge on any atom is -0.394 e. The standard InChI is InChI=1S/C23H39N3O5/c1-8-9-14(5)25-20(29)18-23-10-13(4)22(6,31-23)16(19(28)24-7)17(23)21(30)26(18)15(11-27)12(2)3/h12-18,27H,8-11H2,1-7H3,(H,24,28)(H,25,29)/t13?,14?,15-,16-,17-,18?,22+,23?/m0/s1. The van der Waals surface area contributed by atoms with Gasteiger partial charge < -0.3 is 25.4 Å². The normalized spacial score (nSPS) is 38.4. The van der Waals surface area contributed by atoms with Crippen LogP contribution in [0.3, 0.4) is 0 Å². The lowest BCUT2D eigenvalue weighted by atomic mass is 9.62. The SMILES string of the molecule is CCCC(C)NC(=O)C1N([C@@H](CO)C(C)C)C(=O)[C@@H]2[C@@H](C(=O)NC)[C@]3(C)OC12CC3C. The van der Waals surface area contributed by atoms with Crippen molar-refractivity contribution in [3.63, 3.8) is 0 Å². The van der Waals surface area contributed by atoms with Crippen molar-refractivity contribution < 1.29 is 24.2 Å². The molecule has 0 radical (unpaired) electrons. The van der Waals surface area contributed by atoms with Crippen LogP contribution in [0.2, 0.25) is 0 Å². The summed E-state index contributed by atoms with van der Waals surface area (Å²) in [6.07, 6.45) is 2.28. The van der Waals surface area contributed by atoms with E-state index in [1.54, 1.807) is 7.05 Å². The molecule has 3 amide bonds. The zero-order valence-electron chi connectivity index (χ0n) is 19.9. The first-order valence-electron chi connectivity index (χ1n) is 11.6. The van der Waals surface area contributed by atoms with Crippen molar-refractivity contribution in [2.45, 2.75) is 90.1 Å². The average molecular weight is 438 g/mol. The summed E-state index contributed by atoms with van der Waals surface area (Å²) in [4.78, 5) is 42.0. The first kappa shape index (κ1) is 24.0. The molecule has 31 heavy (non-hydrogen) atoms. The number of rotatable bonds is 8. The van der Waals surface area contributed by atoms with E-state index in [0.29, 0.717) is 6.42 Å². The van der Waals surface area contributed by atoms with E-state index in [4.69, 9.17) is 4.74 Å². The molecule has 3 rings (SSSR count). The molecule has 8 atom stereocenters. The van der Waals surface area contributed by atoms with E-state index < -0.39 is 35.1 Å². The summed E-state index contributed by atoms with van der Waals surface area (Å²) in [6, 6.07) is -1.44. The Labute approximate surface area is 185 Å². The van der Waals surface area contributed by atoms with Crippen molar-refractivity contribution in [1.82, 2.24) is 15.5 Å². The molecule has 8 nitrogen and oxygen atoms in total. The van der Waals surface area contributed by atoms with E-state index >= 15 is 0 Å². The average Bonchev–Trinajstić information content (AvgIpc) is 3.19. The first-order chi connectivity index (χ1) is 14.5. The first-order valence-corrected chi connectivity index (χ1v) is 11.6. The molecule has 4 unspecified atom stereocenters. The van der Waals surface area contributed by atoms with E-state index in [1.807, 2.05) is 34.6 Å². The van der Waals surface area contributed by atoms with Crippen LogP contribution >= 0.6 is 0 Å². The lowest BCUT2D eigenvalue weighted by molar-refractivity contribution is -0.152. The highest BCUT2D eigenvalue weighted by Crippen LogP contribution is 2.65. The predicted octanol–water partition coefficient (Wildman–Crippen LogP) is 1.06. The van der Waals surface area contributed by atoms with Gasteiger partial charge >= 0.3 is 0 Å². The number of hydrogen-bond donors (Lipinski definition) is 3. The van der Waals surface area contributed by atoms with Crippen LogP contribution in [0.1, 0.15) is 60.8 Å². The largest absolute Gasteiger partial charge is 0.394 e. The van der Waals surface area contributed by atoms with Crippen LogP contribution in [0.5, 0.6) is 0 Å². The molecule has 0 aromatic heterocycles. The third kappa shape index (κ3) is 3.37. The van der Waals surface area contributed by atoms with Gasteiger partial charge in [-0.05, 0) is 38.5 Å². The summed E-state index contributed by atoms with van der Waals surface area (Å²) < 4.78 is 6.60. The molecule has 3 aliphatic heterocycles. The zero-order valence-corrected chi connectivity index (χ0v) is 19.9. The highest BCUT2D eigenvalue weighted by molar-refractivity contribution is 5.99. The Morgan fingerprint density at radius 2 is 1.94 bits per heavy atom. The highest BCUT2D eigenvalue weighted by atomic mass is 16.5. The number of fused-ring (bicyclic) bond motifs is 1. The smallest absolute Gasteiger partial charge is 0.246 e. The summed E-state index contributed by atoms with van der Waals surface area (Å²) in [7, 11) is 1.56. The van der Waals surface area contributed by atoms with Gasteiger partial charge in [0.2, 0.25) is 17.7 Å². The van der Waals surface area contributed by atoms with Crippen LogP contribution in [-0.2, 0) is 19.1 Å². The van der Waals surface area contributed by atoms with Crippen LogP contribution < -0.4 is 10.6 Å². The Morgan fingerprint density at radius 3 is 2.45 bits per heavy atom. The Bertz CT molecular complexity index is 743. The van der Waals surface area contributed by atoms with Gasteiger partial charge in [0.1, 0.15) is 11.6 Å². The Hall–Kier alpha value is -1.67. The van der Waals surface area contributed by atoms with Crippen molar-refractivity contribution in [3.05, 3.63) is 0 Å². The van der Waals surface area contributed by atoms with Crippen LogP contribution in [0.25, 0.3) is 0 Å². The number of carbonyl (C=O) groups excluding carboxylic acids is 3. The molecule has 3 fully saturated rings. The Balaban J connectivity index is 2.12. The van der Waals surface area contributed by atoms with Crippen molar-refractivity contribution in [2.75, 3.05) is 13.7 Å². The van der Waals surface area contributed by atoms with Crippen LogP contribution in [-0.4, -0.2) is 70.7 Å². The second-order valence-corrected chi connectivity index (χ2v) is 10.3. The van der Waals surface area contributed by atoms with E-state index in [2.05, 4.69) is 17.6 Å².